The molecule has 0 fully saturated rings. The molecule has 2 aromatic rings. The molecule has 0 aliphatic carbocycles. The molecule has 0 bridgehead atoms. The van der Waals surface area contributed by atoms with Crippen molar-refractivity contribution >= 4 is 35.1 Å². The highest BCUT2D eigenvalue weighted by Gasteiger charge is 2.14. The maximum Gasteiger partial charge on any atom is 0.338 e. The van der Waals surface area contributed by atoms with E-state index in [1.807, 2.05) is 0 Å². The number of hydrogen-bond acceptors (Lipinski definition) is 4. The first kappa shape index (κ1) is 19.1. The number of ether oxygens (including phenoxy) is 2. The molecule has 2 rings (SSSR count). The molecule has 0 N–H and O–H groups in total. The van der Waals surface area contributed by atoms with Crippen LogP contribution in [-0.4, -0.2) is 37.5 Å². The molecule has 0 unspecified atom stereocenters. The van der Waals surface area contributed by atoms with E-state index in [-0.39, 0.29) is 12.5 Å². The van der Waals surface area contributed by atoms with Crippen LogP contribution in [0.15, 0.2) is 42.5 Å². The van der Waals surface area contributed by atoms with Crippen LogP contribution in [0.1, 0.15) is 15.9 Å². The van der Waals surface area contributed by atoms with Crippen LogP contribution in [0.4, 0.5) is 0 Å². The fourth-order valence-corrected chi connectivity index (χ4v) is 2.37. The number of carbonyl (C=O) groups is 2. The van der Waals surface area contributed by atoms with Crippen molar-refractivity contribution in [3.8, 4) is 5.75 Å². The first-order valence-electron chi connectivity index (χ1n) is 7.39. The average Bonchev–Trinajstić information content (AvgIpc) is 2.62. The summed E-state index contributed by atoms with van der Waals surface area (Å²) >= 11 is 11.8. The predicted octanol–water partition coefficient (Wildman–Crippen LogP) is 3.82. The highest BCUT2D eigenvalue weighted by molar-refractivity contribution is 6.42. The van der Waals surface area contributed by atoms with Crippen LogP contribution in [0.5, 0.6) is 5.75 Å². The van der Waals surface area contributed by atoms with Gasteiger partial charge in [0.15, 0.2) is 6.61 Å². The van der Waals surface area contributed by atoms with E-state index >= 15 is 0 Å². The van der Waals surface area contributed by atoms with Crippen LogP contribution >= 0.6 is 23.2 Å². The van der Waals surface area contributed by atoms with Gasteiger partial charge in [0.1, 0.15) is 5.75 Å². The van der Waals surface area contributed by atoms with Crippen molar-refractivity contribution < 1.29 is 19.1 Å². The van der Waals surface area contributed by atoms with Gasteiger partial charge >= 0.3 is 5.97 Å². The zero-order chi connectivity index (χ0) is 18.4. The molecular formula is C18H17Cl2NO4. The fraction of sp³-hybridized carbons (Fsp3) is 0.222. The number of methoxy groups -OCH3 is 1. The maximum absolute atomic E-state index is 12.1. The minimum absolute atomic E-state index is 0.326. The van der Waals surface area contributed by atoms with E-state index < -0.39 is 5.97 Å². The number of benzene rings is 2. The number of likely N-dealkylation sites (N-methyl/N-ethyl adjacent to an activating group) is 1. The molecule has 5 nitrogen and oxygen atoms in total. The number of amides is 1. The van der Waals surface area contributed by atoms with Crippen LogP contribution in [-0.2, 0) is 16.1 Å². The summed E-state index contributed by atoms with van der Waals surface area (Å²) in [5.41, 5.74) is 1.17. The fourth-order valence-electron chi connectivity index (χ4n) is 2.05. The zero-order valence-electron chi connectivity index (χ0n) is 13.8. The topological polar surface area (TPSA) is 55.8 Å². The van der Waals surface area contributed by atoms with Gasteiger partial charge in [-0.2, -0.15) is 0 Å². The van der Waals surface area contributed by atoms with Crippen molar-refractivity contribution in [3.05, 3.63) is 63.6 Å². The van der Waals surface area contributed by atoms with Gasteiger partial charge in [0, 0.05) is 13.6 Å². The second kappa shape index (κ2) is 8.74. The summed E-state index contributed by atoms with van der Waals surface area (Å²) in [4.78, 5) is 25.5. The second-order valence-electron chi connectivity index (χ2n) is 5.30. The van der Waals surface area contributed by atoms with E-state index in [2.05, 4.69) is 0 Å². The normalized spacial score (nSPS) is 10.2. The van der Waals surface area contributed by atoms with E-state index in [1.165, 1.54) is 12.0 Å². The smallest absolute Gasteiger partial charge is 0.338 e. The minimum Gasteiger partial charge on any atom is -0.497 e. The molecule has 7 heteroatoms. The summed E-state index contributed by atoms with van der Waals surface area (Å²) in [5.74, 6) is -0.263. The molecule has 0 aliphatic heterocycles. The Bertz CT molecular complexity index is 762. The third kappa shape index (κ3) is 5.37. The van der Waals surface area contributed by atoms with Gasteiger partial charge < -0.3 is 14.4 Å². The van der Waals surface area contributed by atoms with Gasteiger partial charge in [-0.1, -0.05) is 29.3 Å². The van der Waals surface area contributed by atoms with Crippen molar-refractivity contribution in [2.24, 2.45) is 0 Å². The van der Waals surface area contributed by atoms with Crippen molar-refractivity contribution in [1.82, 2.24) is 4.90 Å². The molecule has 0 radical (unpaired) electrons. The summed E-state index contributed by atoms with van der Waals surface area (Å²) in [7, 11) is 3.15. The Kier molecular flexibility index (Phi) is 6.67. The first-order chi connectivity index (χ1) is 11.9. The summed E-state index contributed by atoms with van der Waals surface area (Å²) in [6.07, 6.45) is 0. The largest absolute Gasteiger partial charge is 0.497 e. The summed E-state index contributed by atoms with van der Waals surface area (Å²) in [6, 6.07) is 11.6. The Morgan fingerprint density at radius 3 is 2.32 bits per heavy atom. The molecule has 0 atom stereocenters. The van der Waals surface area contributed by atoms with E-state index in [9.17, 15) is 9.59 Å². The summed E-state index contributed by atoms with van der Waals surface area (Å²) in [5, 5.41) is 0.874. The van der Waals surface area contributed by atoms with Crippen LogP contribution in [0.2, 0.25) is 10.0 Å². The van der Waals surface area contributed by atoms with Crippen molar-refractivity contribution in [2.75, 3.05) is 20.8 Å². The highest BCUT2D eigenvalue weighted by Crippen LogP contribution is 2.23. The molecule has 1 amide bonds. The molecule has 0 spiro atoms. The SMILES string of the molecule is COc1ccc(C(=O)OCC(=O)N(C)Cc2ccc(Cl)c(Cl)c2)cc1. The first-order valence-corrected chi connectivity index (χ1v) is 8.15. The standard InChI is InChI=1S/C18H17Cl2NO4/c1-21(10-12-3-8-15(19)16(20)9-12)17(22)11-25-18(23)13-4-6-14(24-2)7-5-13/h3-9H,10-11H2,1-2H3. The van der Waals surface area contributed by atoms with Crippen molar-refractivity contribution in [3.63, 3.8) is 0 Å². The van der Waals surface area contributed by atoms with E-state index in [4.69, 9.17) is 32.7 Å². The van der Waals surface area contributed by atoms with Crippen molar-refractivity contribution in [1.29, 1.82) is 0 Å². The van der Waals surface area contributed by atoms with Gasteiger partial charge in [-0.15, -0.1) is 0 Å². The van der Waals surface area contributed by atoms with Gasteiger partial charge in [-0.25, -0.2) is 4.79 Å². The minimum atomic E-state index is -0.570. The lowest BCUT2D eigenvalue weighted by Crippen LogP contribution is -2.30. The molecule has 0 heterocycles. The van der Waals surface area contributed by atoms with Crippen LogP contribution < -0.4 is 4.74 Å². The molecule has 0 aliphatic rings. The van der Waals surface area contributed by atoms with Gasteiger partial charge in [0.05, 0.1) is 22.7 Å². The molecule has 0 saturated heterocycles. The molecule has 25 heavy (non-hydrogen) atoms. The quantitative estimate of drug-likeness (QED) is 0.713. The third-order valence-corrected chi connectivity index (χ3v) is 4.22. The van der Waals surface area contributed by atoms with Gasteiger partial charge in [0.2, 0.25) is 0 Å². The van der Waals surface area contributed by atoms with Crippen molar-refractivity contribution in [2.45, 2.75) is 6.54 Å². The molecule has 0 aromatic heterocycles. The molecule has 2 aromatic carbocycles. The zero-order valence-corrected chi connectivity index (χ0v) is 15.3. The van der Waals surface area contributed by atoms with Crippen LogP contribution in [0.25, 0.3) is 0 Å². The Balaban J connectivity index is 1.87. The Labute approximate surface area is 156 Å². The average molecular weight is 382 g/mol. The van der Waals surface area contributed by atoms with E-state index in [0.29, 0.717) is 27.9 Å². The number of carbonyl (C=O) groups excluding carboxylic acids is 2. The Hall–Kier alpha value is -2.24. The predicted molar refractivity (Wildman–Crippen MR) is 96.2 cm³/mol. The van der Waals surface area contributed by atoms with Gasteiger partial charge in [0.25, 0.3) is 5.91 Å². The number of nitrogens with zero attached hydrogens (tertiary/aromatic N) is 1. The van der Waals surface area contributed by atoms with Crippen LogP contribution in [0, 0.1) is 0 Å². The maximum atomic E-state index is 12.1. The Morgan fingerprint density at radius 1 is 1.04 bits per heavy atom. The summed E-state index contributed by atoms with van der Waals surface area (Å²) in [6.45, 7) is -0.0154. The summed E-state index contributed by atoms with van der Waals surface area (Å²) < 4.78 is 10.1. The van der Waals surface area contributed by atoms with Gasteiger partial charge in [-0.05, 0) is 42.0 Å². The second-order valence-corrected chi connectivity index (χ2v) is 6.12. The number of halogens is 2. The van der Waals surface area contributed by atoms with Gasteiger partial charge in [-0.3, -0.25) is 4.79 Å². The molecule has 132 valence electrons. The van der Waals surface area contributed by atoms with E-state index in [0.717, 1.165) is 5.56 Å². The monoisotopic (exact) mass is 381 g/mol. The number of esters is 1. The molecule has 0 saturated carbocycles. The number of hydrogen-bond donors (Lipinski definition) is 0. The lowest BCUT2D eigenvalue weighted by molar-refractivity contribution is -0.133. The van der Waals surface area contributed by atoms with E-state index in [1.54, 1.807) is 49.5 Å². The third-order valence-electron chi connectivity index (χ3n) is 3.48. The number of rotatable bonds is 6. The Morgan fingerprint density at radius 2 is 1.72 bits per heavy atom. The van der Waals surface area contributed by atoms with Crippen LogP contribution in [0.3, 0.4) is 0 Å². The lowest BCUT2D eigenvalue weighted by Gasteiger charge is -2.17. The lowest BCUT2D eigenvalue weighted by atomic mass is 10.2. The molecular weight excluding hydrogens is 365 g/mol. The highest BCUT2D eigenvalue weighted by atomic mass is 35.5.